The van der Waals surface area contributed by atoms with Crippen LogP contribution < -0.4 is 4.90 Å². The molecule has 0 atom stereocenters. The summed E-state index contributed by atoms with van der Waals surface area (Å²) in [5.74, 6) is -0.222. The molecule has 1 N–H and O–H groups in total. The molecule has 0 radical (unpaired) electrons. The summed E-state index contributed by atoms with van der Waals surface area (Å²) in [4.78, 5) is 21.3. The van der Waals surface area contributed by atoms with E-state index in [0.29, 0.717) is 17.3 Å². The smallest absolute Gasteiger partial charge is 0.416 e. The van der Waals surface area contributed by atoms with Crippen LogP contribution in [0.5, 0.6) is 0 Å². The number of aromatic nitrogens is 2. The number of halogens is 3. The molecule has 132 valence electrons. The van der Waals surface area contributed by atoms with Gasteiger partial charge in [0.15, 0.2) is 11.5 Å². The van der Waals surface area contributed by atoms with Gasteiger partial charge >= 0.3 is 12.1 Å². The second-order valence-electron chi connectivity index (χ2n) is 6.13. The number of nitrogens with zero attached hydrogens (tertiary/aromatic N) is 3. The number of carboxylic acid groups (broad SMARTS) is 1. The molecule has 0 spiro atoms. The molecule has 1 saturated carbocycles. The maximum absolute atomic E-state index is 12.7. The average molecular weight is 351 g/mol. The van der Waals surface area contributed by atoms with Gasteiger partial charge in [-0.1, -0.05) is 12.1 Å². The van der Waals surface area contributed by atoms with Crippen molar-refractivity contribution < 1.29 is 23.1 Å². The number of alkyl halides is 3. The van der Waals surface area contributed by atoms with E-state index < -0.39 is 17.7 Å². The Hall–Kier alpha value is -2.64. The fraction of sp³-hybridized carbons (Fsp3) is 0.353. The zero-order chi connectivity index (χ0) is 18.2. The summed E-state index contributed by atoms with van der Waals surface area (Å²) in [5.41, 5.74) is -0.372. The molecule has 0 unspecified atom stereocenters. The Labute approximate surface area is 142 Å². The van der Waals surface area contributed by atoms with Gasteiger partial charge < -0.3 is 10.0 Å². The zero-order valence-corrected chi connectivity index (χ0v) is 13.4. The SMILES string of the molecule is CN(CC1CC1)c1ncc(C(=O)O)nc1-c1ccc(C(F)(F)F)cc1. The highest BCUT2D eigenvalue weighted by molar-refractivity contribution is 5.87. The Bertz CT molecular complexity index is 787. The lowest BCUT2D eigenvalue weighted by molar-refractivity contribution is -0.137. The lowest BCUT2D eigenvalue weighted by Gasteiger charge is -2.21. The number of hydrogen-bond acceptors (Lipinski definition) is 4. The molecule has 1 aliphatic rings. The summed E-state index contributed by atoms with van der Waals surface area (Å²) < 4.78 is 38.2. The predicted octanol–water partition coefficient (Wildman–Crippen LogP) is 3.71. The van der Waals surface area contributed by atoms with E-state index in [1.54, 1.807) is 0 Å². The minimum atomic E-state index is -4.43. The second kappa shape index (κ2) is 6.34. The first-order chi connectivity index (χ1) is 11.8. The lowest BCUT2D eigenvalue weighted by Crippen LogP contribution is -2.23. The van der Waals surface area contributed by atoms with Crippen molar-refractivity contribution >= 4 is 11.8 Å². The van der Waals surface area contributed by atoms with Gasteiger partial charge in [0.25, 0.3) is 0 Å². The van der Waals surface area contributed by atoms with Gasteiger partial charge in [-0.05, 0) is 30.9 Å². The number of benzene rings is 1. The lowest BCUT2D eigenvalue weighted by atomic mass is 10.1. The molecule has 25 heavy (non-hydrogen) atoms. The van der Waals surface area contributed by atoms with Crippen LogP contribution in [0, 0.1) is 5.92 Å². The Morgan fingerprint density at radius 2 is 1.92 bits per heavy atom. The van der Waals surface area contributed by atoms with Crippen molar-refractivity contribution in [1.29, 1.82) is 0 Å². The van der Waals surface area contributed by atoms with Crippen LogP contribution in [0.25, 0.3) is 11.3 Å². The van der Waals surface area contributed by atoms with E-state index in [2.05, 4.69) is 9.97 Å². The molecule has 1 heterocycles. The number of carboxylic acids is 1. The number of anilines is 1. The normalized spacial score (nSPS) is 14.4. The third-order valence-electron chi connectivity index (χ3n) is 4.05. The Morgan fingerprint density at radius 1 is 1.28 bits per heavy atom. The summed E-state index contributed by atoms with van der Waals surface area (Å²) in [6.07, 6.45) is -1.02. The summed E-state index contributed by atoms with van der Waals surface area (Å²) in [6.45, 7) is 0.745. The highest BCUT2D eigenvalue weighted by atomic mass is 19.4. The summed E-state index contributed by atoms with van der Waals surface area (Å²) in [5, 5.41) is 9.13. The van der Waals surface area contributed by atoms with Crippen molar-refractivity contribution in [3.63, 3.8) is 0 Å². The van der Waals surface area contributed by atoms with Gasteiger partial charge in [-0.2, -0.15) is 13.2 Å². The summed E-state index contributed by atoms with van der Waals surface area (Å²) in [7, 11) is 1.82. The van der Waals surface area contributed by atoms with Crippen LogP contribution in [0.1, 0.15) is 28.9 Å². The maximum Gasteiger partial charge on any atom is 0.416 e. The van der Waals surface area contributed by atoms with Crippen LogP contribution in [0.4, 0.5) is 19.0 Å². The molecule has 0 bridgehead atoms. The molecule has 0 amide bonds. The first kappa shape index (κ1) is 17.2. The number of hydrogen-bond donors (Lipinski definition) is 1. The molecule has 1 aliphatic carbocycles. The molecule has 1 fully saturated rings. The topological polar surface area (TPSA) is 66.3 Å². The molecule has 1 aromatic carbocycles. The van der Waals surface area contributed by atoms with Crippen LogP contribution >= 0.6 is 0 Å². The third-order valence-corrected chi connectivity index (χ3v) is 4.05. The zero-order valence-electron chi connectivity index (χ0n) is 13.4. The molecular formula is C17H16F3N3O2. The van der Waals surface area contributed by atoms with Crippen LogP contribution in [0.3, 0.4) is 0 Å². The largest absolute Gasteiger partial charge is 0.476 e. The quantitative estimate of drug-likeness (QED) is 0.890. The van der Waals surface area contributed by atoms with E-state index in [1.807, 2.05) is 11.9 Å². The van der Waals surface area contributed by atoms with Gasteiger partial charge in [-0.3, -0.25) is 0 Å². The predicted molar refractivity (Wildman–Crippen MR) is 85.4 cm³/mol. The fourth-order valence-corrected chi connectivity index (χ4v) is 2.55. The van der Waals surface area contributed by atoms with Gasteiger partial charge in [0.2, 0.25) is 0 Å². The standard InChI is InChI=1S/C17H16F3N3O2/c1-23(9-10-2-3-10)15-14(22-13(8-21-15)16(24)25)11-4-6-12(7-5-11)17(18,19)20/h4-8,10H,2-3,9H2,1H3,(H,24,25). The second-order valence-corrected chi connectivity index (χ2v) is 6.13. The number of carbonyl (C=O) groups is 1. The van der Waals surface area contributed by atoms with Gasteiger partial charge in [0.1, 0.15) is 5.69 Å². The fourth-order valence-electron chi connectivity index (χ4n) is 2.55. The molecule has 2 aromatic rings. The Kier molecular flexibility index (Phi) is 4.36. The first-order valence-corrected chi connectivity index (χ1v) is 7.75. The van der Waals surface area contributed by atoms with Gasteiger partial charge in [-0.25, -0.2) is 14.8 Å². The van der Waals surface area contributed by atoms with E-state index in [9.17, 15) is 18.0 Å². The molecule has 0 aliphatic heterocycles. The van der Waals surface area contributed by atoms with Crippen molar-refractivity contribution in [2.24, 2.45) is 5.92 Å². The monoisotopic (exact) mass is 351 g/mol. The summed E-state index contributed by atoms with van der Waals surface area (Å²) >= 11 is 0. The van der Waals surface area contributed by atoms with Crippen LogP contribution in [-0.4, -0.2) is 34.6 Å². The van der Waals surface area contributed by atoms with Crippen molar-refractivity contribution in [3.05, 3.63) is 41.7 Å². The van der Waals surface area contributed by atoms with Crippen LogP contribution in [0.2, 0.25) is 0 Å². The van der Waals surface area contributed by atoms with Crippen LogP contribution in [0.15, 0.2) is 30.5 Å². The molecule has 0 saturated heterocycles. The van der Waals surface area contributed by atoms with Gasteiger partial charge in [0.05, 0.1) is 11.8 Å². The van der Waals surface area contributed by atoms with E-state index in [0.717, 1.165) is 37.7 Å². The average Bonchev–Trinajstić information content (AvgIpc) is 3.37. The molecule has 3 rings (SSSR count). The maximum atomic E-state index is 12.7. The molecule has 1 aromatic heterocycles. The third kappa shape index (κ3) is 3.89. The van der Waals surface area contributed by atoms with Gasteiger partial charge in [-0.15, -0.1) is 0 Å². The first-order valence-electron chi connectivity index (χ1n) is 7.75. The molecule has 5 nitrogen and oxygen atoms in total. The van der Waals surface area contributed by atoms with E-state index in [4.69, 9.17) is 5.11 Å². The molecule has 8 heteroatoms. The Balaban J connectivity index is 2.01. The van der Waals surface area contributed by atoms with Crippen LogP contribution in [-0.2, 0) is 6.18 Å². The van der Waals surface area contributed by atoms with Crippen molar-refractivity contribution in [1.82, 2.24) is 9.97 Å². The van der Waals surface area contributed by atoms with Crippen molar-refractivity contribution in [2.45, 2.75) is 19.0 Å². The Morgan fingerprint density at radius 3 is 2.44 bits per heavy atom. The van der Waals surface area contributed by atoms with E-state index in [-0.39, 0.29) is 11.4 Å². The van der Waals surface area contributed by atoms with Crippen molar-refractivity contribution in [2.75, 3.05) is 18.5 Å². The number of aromatic carboxylic acids is 1. The van der Waals surface area contributed by atoms with E-state index >= 15 is 0 Å². The van der Waals surface area contributed by atoms with E-state index in [1.165, 1.54) is 12.1 Å². The summed E-state index contributed by atoms with van der Waals surface area (Å²) in [6, 6.07) is 4.48. The molecular weight excluding hydrogens is 335 g/mol. The minimum Gasteiger partial charge on any atom is -0.476 e. The minimum absolute atomic E-state index is 0.251. The van der Waals surface area contributed by atoms with Gasteiger partial charge in [0, 0.05) is 19.2 Å². The highest BCUT2D eigenvalue weighted by Crippen LogP contribution is 2.35. The highest BCUT2D eigenvalue weighted by Gasteiger charge is 2.30. The van der Waals surface area contributed by atoms with Crippen molar-refractivity contribution in [3.8, 4) is 11.3 Å². The number of rotatable bonds is 5.